The predicted octanol–water partition coefficient (Wildman–Crippen LogP) is 2.79. The van der Waals surface area contributed by atoms with Gasteiger partial charge in [-0.2, -0.15) is 0 Å². The lowest BCUT2D eigenvalue weighted by Crippen LogP contribution is -2.30. The molecule has 1 aromatic carbocycles. The largest absolute Gasteiger partial charge is 0.393 e. The minimum Gasteiger partial charge on any atom is -0.393 e. The minimum absolute atomic E-state index is 0.0806. The smallest absolute Gasteiger partial charge is 0.0648 e. The van der Waals surface area contributed by atoms with Crippen LogP contribution in [0.1, 0.15) is 18.4 Å². The fourth-order valence-corrected chi connectivity index (χ4v) is 2.27. The highest BCUT2D eigenvalue weighted by Gasteiger charge is 2.27. The third-order valence-electron chi connectivity index (χ3n) is 2.69. The number of hydrogen-bond donors (Lipinski definition) is 1. The van der Waals surface area contributed by atoms with Crippen molar-refractivity contribution in [1.29, 1.82) is 0 Å². The van der Waals surface area contributed by atoms with E-state index in [9.17, 15) is 0 Å². The maximum Gasteiger partial charge on any atom is 0.0648 e. The van der Waals surface area contributed by atoms with Gasteiger partial charge in [-0.25, -0.2) is 0 Å². The third kappa shape index (κ3) is 3.23. The van der Waals surface area contributed by atoms with Gasteiger partial charge in [-0.3, -0.25) is 0 Å². The molecule has 2 rings (SSSR count). The molecule has 0 aromatic heterocycles. The van der Waals surface area contributed by atoms with Crippen molar-refractivity contribution in [2.75, 3.05) is 6.61 Å². The second kappa shape index (κ2) is 5.01. The fourth-order valence-electron chi connectivity index (χ4n) is 1.63. The van der Waals surface area contributed by atoms with E-state index >= 15 is 0 Å². The van der Waals surface area contributed by atoms with E-state index in [1.165, 1.54) is 17.6 Å². The topological polar surface area (TPSA) is 29.5 Å². The van der Waals surface area contributed by atoms with Gasteiger partial charge in [-0.15, -0.1) is 0 Å². The van der Waals surface area contributed by atoms with Crippen LogP contribution in [-0.4, -0.2) is 17.8 Å². The normalized spacial score (nSPS) is 24.9. The highest BCUT2D eigenvalue weighted by Crippen LogP contribution is 2.29. The third-order valence-corrected chi connectivity index (χ3v) is 3.41. The Bertz CT molecular complexity index is 304. The summed E-state index contributed by atoms with van der Waals surface area (Å²) in [7, 11) is 0. The molecular formula is C12H16O2S. The van der Waals surface area contributed by atoms with Crippen molar-refractivity contribution in [2.24, 2.45) is 5.92 Å². The van der Waals surface area contributed by atoms with Crippen molar-refractivity contribution in [3.63, 3.8) is 0 Å². The summed E-state index contributed by atoms with van der Waals surface area (Å²) in [6.07, 6.45) is 1.71. The zero-order valence-electron chi connectivity index (χ0n) is 8.85. The SMILES string of the molecule is Cc1ccc(SOCC2CC(O)C2)cc1. The summed E-state index contributed by atoms with van der Waals surface area (Å²) >= 11 is 1.43. The zero-order chi connectivity index (χ0) is 10.7. The molecule has 0 heterocycles. The average Bonchev–Trinajstić information content (AvgIpc) is 2.18. The summed E-state index contributed by atoms with van der Waals surface area (Å²) < 4.78 is 5.52. The maximum atomic E-state index is 9.10. The molecule has 0 aliphatic heterocycles. The molecule has 82 valence electrons. The molecule has 0 bridgehead atoms. The van der Waals surface area contributed by atoms with Crippen LogP contribution in [0.2, 0.25) is 0 Å². The first kappa shape index (κ1) is 11.0. The summed E-state index contributed by atoms with van der Waals surface area (Å²) in [6.45, 7) is 2.82. The van der Waals surface area contributed by atoms with Crippen LogP contribution in [0.5, 0.6) is 0 Å². The van der Waals surface area contributed by atoms with Gasteiger partial charge in [0.15, 0.2) is 0 Å². The molecule has 1 aromatic rings. The van der Waals surface area contributed by atoms with Gasteiger partial charge in [0.05, 0.1) is 12.7 Å². The molecule has 0 radical (unpaired) electrons. The van der Waals surface area contributed by atoms with Crippen LogP contribution in [0.3, 0.4) is 0 Å². The highest BCUT2D eigenvalue weighted by atomic mass is 32.2. The van der Waals surface area contributed by atoms with Crippen LogP contribution in [0, 0.1) is 12.8 Å². The quantitative estimate of drug-likeness (QED) is 0.797. The number of aliphatic hydroxyl groups is 1. The molecule has 1 saturated carbocycles. The lowest BCUT2D eigenvalue weighted by Gasteiger charge is -2.30. The number of aryl methyl sites for hydroxylation is 1. The van der Waals surface area contributed by atoms with E-state index < -0.39 is 0 Å². The predicted molar refractivity (Wildman–Crippen MR) is 61.7 cm³/mol. The zero-order valence-corrected chi connectivity index (χ0v) is 9.67. The number of hydrogen-bond acceptors (Lipinski definition) is 3. The van der Waals surface area contributed by atoms with Crippen LogP contribution < -0.4 is 0 Å². The number of aliphatic hydroxyl groups excluding tert-OH is 1. The first-order valence-electron chi connectivity index (χ1n) is 5.28. The Morgan fingerprint density at radius 1 is 1.33 bits per heavy atom. The molecule has 0 unspecified atom stereocenters. The maximum absolute atomic E-state index is 9.10. The lowest BCUT2D eigenvalue weighted by atomic mass is 9.83. The van der Waals surface area contributed by atoms with Gasteiger partial charge in [0, 0.05) is 16.9 Å². The van der Waals surface area contributed by atoms with Gasteiger partial charge in [-0.05, 0) is 37.8 Å². The summed E-state index contributed by atoms with van der Waals surface area (Å²) in [6, 6.07) is 8.29. The van der Waals surface area contributed by atoms with Crippen molar-refractivity contribution < 1.29 is 9.29 Å². The van der Waals surface area contributed by atoms with E-state index in [1.54, 1.807) is 0 Å². The Morgan fingerprint density at radius 3 is 2.60 bits per heavy atom. The van der Waals surface area contributed by atoms with E-state index in [4.69, 9.17) is 9.29 Å². The molecule has 0 spiro atoms. The molecular weight excluding hydrogens is 208 g/mol. The average molecular weight is 224 g/mol. The Hall–Kier alpha value is -0.510. The minimum atomic E-state index is -0.0806. The second-order valence-electron chi connectivity index (χ2n) is 4.17. The Morgan fingerprint density at radius 2 is 2.00 bits per heavy atom. The van der Waals surface area contributed by atoms with E-state index in [0.29, 0.717) is 5.92 Å². The van der Waals surface area contributed by atoms with E-state index in [1.807, 2.05) is 0 Å². The molecule has 1 aliphatic rings. The highest BCUT2D eigenvalue weighted by molar-refractivity contribution is 7.94. The molecule has 0 saturated heterocycles. The van der Waals surface area contributed by atoms with E-state index in [-0.39, 0.29) is 6.10 Å². The first-order chi connectivity index (χ1) is 7.24. The standard InChI is InChI=1S/C12H16O2S/c1-9-2-4-12(5-3-9)15-14-8-10-6-11(13)7-10/h2-5,10-11,13H,6-8H2,1H3. The summed E-state index contributed by atoms with van der Waals surface area (Å²) in [5.74, 6) is 0.554. The summed E-state index contributed by atoms with van der Waals surface area (Å²) in [4.78, 5) is 1.14. The summed E-state index contributed by atoms with van der Waals surface area (Å²) in [5.41, 5.74) is 1.27. The van der Waals surface area contributed by atoms with Crippen molar-refractivity contribution >= 4 is 12.0 Å². The van der Waals surface area contributed by atoms with Gasteiger partial charge in [-0.1, -0.05) is 17.7 Å². The van der Waals surface area contributed by atoms with Crippen LogP contribution in [0.4, 0.5) is 0 Å². The van der Waals surface area contributed by atoms with Crippen LogP contribution >= 0.6 is 12.0 Å². The van der Waals surface area contributed by atoms with E-state index in [0.717, 1.165) is 24.3 Å². The van der Waals surface area contributed by atoms with Gasteiger partial charge in [0.2, 0.25) is 0 Å². The number of benzene rings is 1. The van der Waals surface area contributed by atoms with Gasteiger partial charge >= 0.3 is 0 Å². The second-order valence-corrected chi connectivity index (χ2v) is 5.05. The van der Waals surface area contributed by atoms with Crippen LogP contribution in [0.25, 0.3) is 0 Å². The lowest BCUT2D eigenvalue weighted by molar-refractivity contribution is 0.0240. The Labute approximate surface area is 94.9 Å². The number of rotatable bonds is 4. The van der Waals surface area contributed by atoms with Crippen molar-refractivity contribution in [3.8, 4) is 0 Å². The molecule has 0 atom stereocenters. The molecule has 1 aliphatic carbocycles. The van der Waals surface area contributed by atoms with Crippen LogP contribution in [0.15, 0.2) is 29.2 Å². The Balaban J connectivity index is 1.67. The Kier molecular flexibility index (Phi) is 3.67. The fraction of sp³-hybridized carbons (Fsp3) is 0.500. The van der Waals surface area contributed by atoms with Crippen molar-refractivity contribution in [1.82, 2.24) is 0 Å². The van der Waals surface area contributed by atoms with E-state index in [2.05, 4.69) is 31.2 Å². The first-order valence-corrected chi connectivity index (χ1v) is 6.02. The van der Waals surface area contributed by atoms with Crippen LogP contribution in [-0.2, 0) is 4.18 Å². The van der Waals surface area contributed by atoms with Crippen molar-refractivity contribution in [2.45, 2.75) is 30.8 Å². The summed E-state index contributed by atoms with van der Waals surface area (Å²) in [5, 5.41) is 9.10. The monoisotopic (exact) mass is 224 g/mol. The van der Waals surface area contributed by atoms with Gasteiger partial charge < -0.3 is 9.29 Å². The van der Waals surface area contributed by atoms with Gasteiger partial charge in [0.25, 0.3) is 0 Å². The molecule has 1 N–H and O–H groups in total. The molecule has 3 heteroatoms. The van der Waals surface area contributed by atoms with Crippen molar-refractivity contribution in [3.05, 3.63) is 29.8 Å². The van der Waals surface area contributed by atoms with Gasteiger partial charge in [0.1, 0.15) is 0 Å². The molecule has 15 heavy (non-hydrogen) atoms. The molecule has 1 fully saturated rings. The molecule has 0 amide bonds. The molecule has 2 nitrogen and oxygen atoms in total.